The fourth-order valence-corrected chi connectivity index (χ4v) is 1.34. The molecule has 0 spiro atoms. The summed E-state index contributed by atoms with van der Waals surface area (Å²) in [5, 5.41) is 0. The Bertz CT molecular complexity index is 331. The molecule has 2 N–H and O–H groups in total. The van der Waals surface area contributed by atoms with Gasteiger partial charge in [0.1, 0.15) is 11.6 Å². The maximum Gasteiger partial charge on any atom is 0.140 e. The molecule has 0 amide bonds. The van der Waals surface area contributed by atoms with Crippen molar-refractivity contribution in [2.45, 2.75) is 19.3 Å². The molecule has 1 aliphatic carbocycles. The summed E-state index contributed by atoms with van der Waals surface area (Å²) < 4.78 is 0. The van der Waals surface area contributed by atoms with Crippen molar-refractivity contribution in [1.82, 2.24) is 4.98 Å². The topological polar surface area (TPSA) is 56.0 Å². The molecule has 0 bridgehead atoms. The molecular weight excluding hydrogens is 164 g/mol. The Labute approximate surface area is 77.0 Å². The number of rotatable bonds is 3. The number of carbonyl (C=O) groups is 1. The number of nitrogens with zero attached hydrogens (tertiary/aromatic N) is 1. The fourth-order valence-electron chi connectivity index (χ4n) is 1.34. The Morgan fingerprint density at radius 3 is 3.00 bits per heavy atom. The number of carbonyl (C=O) groups excluding carboxylic acids is 1. The van der Waals surface area contributed by atoms with E-state index in [1.807, 2.05) is 12.1 Å². The third-order valence-electron chi connectivity index (χ3n) is 2.32. The summed E-state index contributed by atoms with van der Waals surface area (Å²) in [5.74, 6) is 1.09. The van der Waals surface area contributed by atoms with Crippen LogP contribution in [0.25, 0.3) is 0 Å². The van der Waals surface area contributed by atoms with Gasteiger partial charge in [-0.3, -0.25) is 4.79 Å². The van der Waals surface area contributed by atoms with Crippen LogP contribution in [0.15, 0.2) is 18.3 Å². The van der Waals surface area contributed by atoms with Crippen LogP contribution in [0.3, 0.4) is 0 Å². The number of nitrogen functional groups attached to an aromatic ring is 1. The summed E-state index contributed by atoms with van der Waals surface area (Å²) in [6, 6.07) is 3.68. The van der Waals surface area contributed by atoms with Crippen molar-refractivity contribution in [3.8, 4) is 0 Å². The smallest absolute Gasteiger partial charge is 0.140 e. The monoisotopic (exact) mass is 176 g/mol. The van der Waals surface area contributed by atoms with E-state index in [0.717, 1.165) is 18.4 Å². The molecule has 3 nitrogen and oxygen atoms in total. The van der Waals surface area contributed by atoms with Gasteiger partial charge in [-0.1, -0.05) is 6.07 Å². The van der Waals surface area contributed by atoms with Crippen molar-refractivity contribution < 1.29 is 4.79 Å². The van der Waals surface area contributed by atoms with Crippen LogP contribution >= 0.6 is 0 Å². The van der Waals surface area contributed by atoms with Crippen LogP contribution < -0.4 is 5.73 Å². The Balaban J connectivity index is 2.08. The van der Waals surface area contributed by atoms with Gasteiger partial charge in [0, 0.05) is 24.1 Å². The molecule has 1 aromatic heterocycles. The van der Waals surface area contributed by atoms with Gasteiger partial charge in [-0.25, -0.2) is 4.98 Å². The second-order valence-corrected chi connectivity index (χ2v) is 3.47. The van der Waals surface area contributed by atoms with Crippen molar-refractivity contribution in [3.63, 3.8) is 0 Å². The van der Waals surface area contributed by atoms with E-state index in [1.165, 1.54) is 0 Å². The summed E-state index contributed by atoms with van der Waals surface area (Å²) in [4.78, 5) is 15.4. The number of anilines is 1. The van der Waals surface area contributed by atoms with Crippen molar-refractivity contribution in [1.29, 1.82) is 0 Å². The average Bonchev–Trinajstić information content (AvgIpc) is 2.91. The molecule has 1 aliphatic rings. The first-order valence-electron chi connectivity index (χ1n) is 4.49. The lowest BCUT2D eigenvalue weighted by atomic mass is 10.1. The highest BCUT2D eigenvalue weighted by molar-refractivity contribution is 5.86. The predicted octanol–water partition coefficient (Wildman–Crippen LogP) is 1.19. The van der Waals surface area contributed by atoms with Crippen LogP contribution in [0.2, 0.25) is 0 Å². The minimum absolute atomic E-state index is 0.305. The Hall–Kier alpha value is -1.38. The van der Waals surface area contributed by atoms with Crippen LogP contribution in [0.5, 0.6) is 0 Å². The third kappa shape index (κ3) is 1.86. The maximum atomic E-state index is 11.4. The molecule has 2 rings (SSSR count). The first-order valence-corrected chi connectivity index (χ1v) is 4.49. The number of ketones is 1. The molecule has 68 valence electrons. The SMILES string of the molecule is Nc1ncccc1CC(=O)C1CC1. The number of Topliss-reactive ketones (excluding diaryl/α,β-unsaturated/α-hetero) is 1. The second kappa shape index (κ2) is 3.17. The molecule has 0 atom stereocenters. The number of pyridine rings is 1. The maximum absolute atomic E-state index is 11.4. The molecule has 0 aliphatic heterocycles. The first-order chi connectivity index (χ1) is 6.27. The summed E-state index contributed by atoms with van der Waals surface area (Å²) >= 11 is 0. The summed E-state index contributed by atoms with van der Waals surface area (Å²) in [6.07, 6.45) is 4.20. The van der Waals surface area contributed by atoms with Gasteiger partial charge in [0.25, 0.3) is 0 Å². The van der Waals surface area contributed by atoms with Gasteiger partial charge in [-0.15, -0.1) is 0 Å². The van der Waals surface area contributed by atoms with E-state index in [-0.39, 0.29) is 0 Å². The predicted molar refractivity (Wildman–Crippen MR) is 50.1 cm³/mol. The van der Waals surface area contributed by atoms with Gasteiger partial charge in [0.2, 0.25) is 0 Å². The van der Waals surface area contributed by atoms with Gasteiger partial charge in [-0.2, -0.15) is 0 Å². The fraction of sp³-hybridized carbons (Fsp3) is 0.400. The zero-order chi connectivity index (χ0) is 9.26. The Morgan fingerprint density at radius 2 is 2.38 bits per heavy atom. The Morgan fingerprint density at radius 1 is 1.62 bits per heavy atom. The molecule has 1 fully saturated rings. The van der Waals surface area contributed by atoms with Crippen molar-refractivity contribution >= 4 is 11.6 Å². The molecule has 13 heavy (non-hydrogen) atoms. The molecule has 0 radical (unpaired) electrons. The lowest BCUT2D eigenvalue weighted by molar-refractivity contribution is -0.119. The van der Waals surface area contributed by atoms with Crippen LogP contribution in [-0.4, -0.2) is 10.8 Å². The molecule has 1 heterocycles. The van der Waals surface area contributed by atoms with Crippen LogP contribution in [0.4, 0.5) is 5.82 Å². The van der Waals surface area contributed by atoms with E-state index in [9.17, 15) is 4.79 Å². The standard InChI is InChI=1S/C10H12N2O/c11-10-8(2-1-5-12-10)6-9(13)7-3-4-7/h1-2,5,7H,3-4,6H2,(H2,11,12). The van der Waals surface area contributed by atoms with Gasteiger partial charge in [0.15, 0.2) is 0 Å². The lowest BCUT2D eigenvalue weighted by Crippen LogP contribution is -2.07. The van der Waals surface area contributed by atoms with E-state index in [2.05, 4.69) is 4.98 Å². The largest absolute Gasteiger partial charge is 0.383 e. The first kappa shape index (κ1) is 8.23. The van der Waals surface area contributed by atoms with Gasteiger partial charge >= 0.3 is 0 Å². The van der Waals surface area contributed by atoms with E-state index >= 15 is 0 Å². The summed E-state index contributed by atoms with van der Waals surface area (Å²) in [6.45, 7) is 0. The van der Waals surface area contributed by atoms with E-state index in [0.29, 0.717) is 23.9 Å². The van der Waals surface area contributed by atoms with E-state index in [1.54, 1.807) is 6.20 Å². The van der Waals surface area contributed by atoms with Crippen LogP contribution in [-0.2, 0) is 11.2 Å². The number of nitrogens with two attached hydrogens (primary N) is 1. The highest BCUT2D eigenvalue weighted by atomic mass is 16.1. The quantitative estimate of drug-likeness (QED) is 0.752. The van der Waals surface area contributed by atoms with Crippen molar-refractivity contribution in [2.75, 3.05) is 5.73 Å². The second-order valence-electron chi connectivity index (χ2n) is 3.47. The highest BCUT2D eigenvalue weighted by Crippen LogP contribution is 2.31. The van der Waals surface area contributed by atoms with Crippen LogP contribution in [0, 0.1) is 5.92 Å². The normalized spacial score (nSPS) is 15.7. The molecule has 0 saturated heterocycles. The summed E-state index contributed by atoms with van der Waals surface area (Å²) in [7, 11) is 0. The zero-order valence-electron chi connectivity index (χ0n) is 7.36. The number of hydrogen-bond donors (Lipinski definition) is 1. The Kier molecular flexibility index (Phi) is 2.00. The van der Waals surface area contributed by atoms with Gasteiger partial charge < -0.3 is 5.73 Å². The molecule has 1 saturated carbocycles. The summed E-state index contributed by atoms with van der Waals surface area (Å²) in [5.41, 5.74) is 6.49. The van der Waals surface area contributed by atoms with E-state index in [4.69, 9.17) is 5.73 Å². The third-order valence-corrected chi connectivity index (χ3v) is 2.32. The van der Waals surface area contributed by atoms with Crippen molar-refractivity contribution in [3.05, 3.63) is 23.9 Å². The lowest BCUT2D eigenvalue weighted by Gasteiger charge is -2.01. The van der Waals surface area contributed by atoms with Crippen molar-refractivity contribution in [2.24, 2.45) is 5.92 Å². The van der Waals surface area contributed by atoms with Gasteiger partial charge in [-0.05, 0) is 18.9 Å². The zero-order valence-corrected chi connectivity index (χ0v) is 7.36. The molecule has 3 heteroatoms. The molecule has 1 aromatic rings. The number of hydrogen-bond acceptors (Lipinski definition) is 3. The van der Waals surface area contributed by atoms with E-state index < -0.39 is 0 Å². The molecule has 0 unspecified atom stereocenters. The molecule has 0 aromatic carbocycles. The van der Waals surface area contributed by atoms with Crippen LogP contribution in [0.1, 0.15) is 18.4 Å². The molecular formula is C10H12N2O. The number of aromatic nitrogens is 1. The highest BCUT2D eigenvalue weighted by Gasteiger charge is 2.29. The van der Waals surface area contributed by atoms with Gasteiger partial charge in [0.05, 0.1) is 0 Å². The minimum atomic E-state index is 0.305. The minimum Gasteiger partial charge on any atom is -0.383 e. The average molecular weight is 176 g/mol.